The lowest BCUT2D eigenvalue weighted by Crippen LogP contribution is -2.40. The topological polar surface area (TPSA) is 87.3 Å². The average Bonchev–Trinajstić information content (AvgIpc) is 3.26. The van der Waals surface area contributed by atoms with E-state index in [1.807, 2.05) is 18.2 Å². The van der Waals surface area contributed by atoms with Gasteiger partial charge in [0.15, 0.2) is 0 Å². The van der Waals surface area contributed by atoms with Crippen molar-refractivity contribution in [3.63, 3.8) is 0 Å². The summed E-state index contributed by atoms with van der Waals surface area (Å²) in [5.74, 6) is 0. The summed E-state index contributed by atoms with van der Waals surface area (Å²) in [6.45, 7) is 1.39. The quantitative estimate of drug-likeness (QED) is 0.622. The van der Waals surface area contributed by atoms with Gasteiger partial charge >= 0.3 is 6.03 Å². The Morgan fingerprint density at radius 3 is 2.41 bits per heavy atom. The van der Waals surface area contributed by atoms with Crippen molar-refractivity contribution in [2.24, 2.45) is 0 Å². The molecule has 2 rings (SSSR count). The summed E-state index contributed by atoms with van der Waals surface area (Å²) in [5.41, 5.74) is 1.36. The summed E-state index contributed by atoms with van der Waals surface area (Å²) < 4.78 is 24.1. The number of amides is 2. The summed E-state index contributed by atoms with van der Waals surface area (Å²) >= 11 is 0. The third kappa shape index (κ3) is 5.31. The molecule has 22 heavy (non-hydrogen) atoms. The molecule has 1 aromatic carbocycles. The molecule has 0 bridgehead atoms. The Kier molecular flexibility index (Phi) is 5.42. The van der Waals surface area contributed by atoms with Crippen LogP contribution in [0.1, 0.15) is 24.8 Å². The van der Waals surface area contributed by atoms with Gasteiger partial charge in [-0.05, 0) is 24.8 Å². The maximum absolute atomic E-state index is 11.7. The summed E-state index contributed by atoms with van der Waals surface area (Å²) in [4.78, 5) is 11.7. The van der Waals surface area contributed by atoms with Gasteiger partial charge in [0.2, 0.25) is 10.0 Å². The van der Waals surface area contributed by atoms with Gasteiger partial charge in [-0.1, -0.05) is 30.3 Å². The van der Waals surface area contributed by atoms with Crippen LogP contribution in [0.25, 0.3) is 0 Å². The second kappa shape index (κ2) is 7.11. The molecule has 2 amide bonds. The molecular formula is C15H23N3O3S. The molecule has 0 aliphatic heterocycles. The number of rotatable bonds is 8. The molecule has 0 radical (unpaired) electrons. The number of nitrogens with one attached hydrogen (secondary N) is 3. The number of sulfonamides is 1. The second-order valence-electron chi connectivity index (χ2n) is 5.78. The summed E-state index contributed by atoms with van der Waals surface area (Å²) in [5, 5.41) is 5.64. The van der Waals surface area contributed by atoms with E-state index in [4.69, 9.17) is 0 Å². The van der Waals surface area contributed by atoms with E-state index in [1.54, 1.807) is 0 Å². The fourth-order valence-electron chi connectivity index (χ4n) is 2.37. The summed E-state index contributed by atoms with van der Waals surface area (Å²) in [7, 11) is -3.16. The maximum Gasteiger partial charge on any atom is 0.314 e. The number of carbonyl (C=O) groups excluding carboxylic acids is 1. The van der Waals surface area contributed by atoms with Crippen LogP contribution in [0.3, 0.4) is 0 Å². The zero-order valence-corrected chi connectivity index (χ0v) is 13.6. The Labute approximate surface area is 131 Å². The van der Waals surface area contributed by atoms with Gasteiger partial charge in [-0.3, -0.25) is 0 Å². The molecule has 3 N–H and O–H groups in total. The van der Waals surface area contributed by atoms with Crippen LogP contribution < -0.4 is 15.4 Å². The molecule has 1 aromatic rings. The van der Waals surface area contributed by atoms with Gasteiger partial charge in [-0.2, -0.15) is 0 Å². The molecule has 1 fully saturated rings. The van der Waals surface area contributed by atoms with Crippen LogP contribution in [0.5, 0.6) is 0 Å². The molecule has 0 spiro atoms. The fourth-order valence-corrected chi connectivity index (χ4v) is 2.89. The van der Waals surface area contributed by atoms with Crippen molar-refractivity contribution in [2.45, 2.75) is 24.7 Å². The zero-order chi connectivity index (χ0) is 16.1. The van der Waals surface area contributed by atoms with Crippen molar-refractivity contribution in [3.05, 3.63) is 35.9 Å². The van der Waals surface area contributed by atoms with E-state index in [0.29, 0.717) is 26.1 Å². The molecule has 0 aromatic heterocycles. The van der Waals surface area contributed by atoms with E-state index < -0.39 is 10.0 Å². The number of carbonyl (C=O) groups is 1. The molecule has 0 heterocycles. The van der Waals surface area contributed by atoms with Crippen molar-refractivity contribution >= 4 is 16.1 Å². The molecule has 1 aliphatic rings. The lowest BCUT2D eigenvalue weighted by Gasteiger charge is -2.17. The molecule has 0 atom stereocenters. The van der Waals surface area contributed by atoms with E-state index >= 15 is 0 Å². The Balaban J connectivity index is 1.64. The zero-order valence-electron chi connectivity index (χ0n) is 12.8. The van der Waals surface area contributed by atoms with Gasteiger partial charge in [-0.25, -0.2) is 17.9 Å². The largest absolute Gasteiger partial charge is 0.338 e. The summed E-state index contributed by atoms with van der Waals surface area (Å²) in [6.07, 6.45) is 3.86. The van der Waals surface area contributed by atoms with Crippen LogP contribution in [0.15, 0.2) is 30.3 Å². The predicted octanol–water partition coefficient (Wildman–Crippen LogP) is 0.957. The predicted molar refractivity (Wildman–Crippen MR) is 86.2 cm³/mol. The van der Waals surface area contributed by atoms with Crippen molar-refractivity contribution in [1.29, 1.82) is 0 Å². The van der Waals surface area contributed by atoms with Crippen molar-refractivity contribution in [2.75, 3.05) is 25.9 Å². The minimum absolute atomic E-state index is 0.0937. The highest BCUT2D eigenvalue weighted by atomic mass is 32.2. The molecule has 6 nitrogen and oxygen atoms in total. The minimum atomic E-state index is -3.16. The van der Waals surface area contributed by atoms with E-state index in [-0.39, 0.29) is 11.4 Å². The first kappa shape index (κ1) is 16.8. The highest BCUT2D eigenvalue weighted by Gasteiger charge is 2.44. The highest BCUT2D eigenvalue weighted by molar-refractivity contribution is 7.88. The van der Waals surface area contributed by atoms with Crippen LogP contribution in [-0.2, 0) is 15.4 Å². The number of urea groups is 1. The Bertz CT molecular complexity index is 598. The van der Waals surface area contributed by atoms with Gasteiger partial charge in [-0.15, -0.1) is 0 Å². The van der Waals surface area contributed by atoms with Crippen LogP contribution >= 0.6 is 0 Å². The highest BCUT2D eigenvalue weighted by Crippen LogP contribution is 2.47. The smallest absolute Gasteiger partial charge is 0.314 e. The van der Waals surface area contributed by atoms with Gasteiger partial charge in [0, 0.05) is 25.0 Å². The van der Waals surface area contributed by atoms with Gasteiger partial charge < -0.3 is 10.6 Å². The van der Waals surface area contributed by atoms with Crippen LogP contribution in [0, 0.1) is 0 Å². The Hall–Kier alpha value is -1.60. The normalized spacial score (nSPS) is 16.0. The Morgan fingerprint density at radius 2 is 1.82 bits per heavy atom. The number of hydrogen-bond acceptors (Lipinski definition) is 3. The minimum Gasteiger partial charge on any atom is -0.338 e. The molecular weight excluding hydrogens is 302 g/mol. The lowest BCUT2D eigenvalue weighted by atomic mass is 9.96. The third-order valence-corrected chi connectivity index (χ3v) is 4.56. The molecule has 0 saturated heterocycles. The van der Waals surface area contributed by atoms with Crippen LogP contribution in [0.2, 0.25) is 0 Å². The van der Waals surface area contributed by atoms with E-state index in [9.17, 15) is 13.2 Å². The second-order valence-corrected chi connectivity index (χ2v) is 7.61. The standard InChI is InChI=1S/C15H23N3O3S/c1-22(20,21)18-11-5-10-16-14(19)17-12-15(8-9-15)13-6-3-2-4-7-13/h2-4,6-7,18H,5,8-12H2,1H3,(H2,16,17,19). The molecule has 0 unspecified atom stereocenters. The number of hydrogen-bond donors (Lipinski definition) is 3. The van der Waals surface area contributed by atoms with Gasteiger partial charge in [0.25, 0.3) is 0 Å². The van der Waals surface area contributed by atoms with Crippen molar-refractivity contribution in [1.82, 2.24) is 15.4 Å². The molecule has 122 valence electrons. The van der Waals surface area contributed by atoms with Crippen LogP contribution in [-0.4, -0.2) is 40.3 Å². The maximum atomic E-state index is 11.7. The monoisotopic (exact) mass is 325 g/mol. The molecule has 1 saturated carbocycles. The third-order valence-electron chi connectivity index (χ3n) is 3.83. The van der Waals surface area contributed by atoms with Gasteiger partial charge in [0.1, 0.15) is 0 Å². The fraction of sp³-hybridized carbons (Fsp3) is 0.533. The van der Waals surface area contributed by atoms with Crippen molar-refractivity contribution in [3.8, 4) is 0 Å². The van der Waals surface area contributed by atoms with E-state index in [1.165, 1.54) is 5.56 Å². The first-order valence-electron chi connectivity index (χ1n) is 7.43. The Morgan fingerprint density at radius 1 is 1.14 bits per heavy atom. The summed E-state index contributed by atoms with van der Waals surface area (Å²) in [6, 6.07) is 10.0. The number of benzene rings is 1. The first-order valence-corrected chi connectivity index (χ1v) is 9.32. The van der Waals surface area contributed by atoms with Gasteiger partial charge in [0.05, 0.1) is 6.26 Å². The SMILES string of the molecule is CS(=O)(=O)NCCCNC(=O)NCC1(c2ccccc2)CC1. The molecule has 1 aliphatic carbocycles. The van der Waals surface area contributed by atoms with Crippen molar-refractivity contribution < 1.29 is 13.2 Å². The molecule has 7 heteroatoms. The lowest BCUT2D eigenvalue weighted by molar-refractivity contribution is 0.239. The van der Waals surface area contributed by atoms with Crippen LogP contribution in [0.4, 0.5) is 4.79 Å². The average molecular weight is 325 g/mol. The van der Waals surface area contributed by atoms with E-state index in [0.717, 1.165) is 19.1 Å². The first-order chi connectivity index (χ1) is 10.4. The van der Waals surface area contributed by atoms with E-state index in [2.05, 4.69) is 27.5 Å².